The molecule has 0 bridgehead atoms. The summed E-state index contributed by atoms with van der Waals surface area (Å²) in [6.07, 6.45) is 5.66. The van der Waals surface area contributed by atoms with Gasteiger partial charge in [-0.05, 0) is 91.6 Å². The van der Waals surface area contributed by atoms with E-state index in [0.29, 0.717) is 6.04 Å². The van der Waals surface area contributed by atoms with Crippen LogP contribution in [0.1, 0.15) is 40.7 Å². The summed E-state index contributed by atoms with van der Waals surface area (Å²) in [6.45, 7) is 3.02. The molecular weight excluding hydrogens is 420 g/mol. The molecule has 0 aromatic heterocycles. The van der Waals surface area contributed by atoms with E-state index < -0.39 is 0 Å². The summed E-state index contributed by atoms with van der Waals surface area (Å²) in [7, 11) is 1.78. The highest BCUT2D eigenvalue weighted by Crippen LogP contribution is 2.39. The first-order valence-electron chi connectivity index (χ1n) is 12.6. The van der Waals surface area contributed by atoms with Crippen LogP contribution >= 0.6 is 0 Å². The summed E-state index contributed by atoms with van der Waals surface area (Å²) in [4.78, 5) is 15.2. The van der Waals surface area contributed by atoms with E-state index >= 15 is 0 Å². The number of nitrogens with zero attached hydrogens (tertiary/aromatic N) is 1. The molecule has 5 rings (SSSR count). The number of amides is 1. The number of methoxy groups -OCH3 is 1. The number of carbonyl (C=O) groups excluding carboxylic acids is 1. The van der Waals surface area contributed by atoms with Crippen molar-refractivity contribution in [3.05, 3.63) is 89.5 Å². The predicted molar refractivity (Wildman–Crippen MR) is 137 cm³/mol. The maximum absolute atomic E-state index is 12.5. The average molecular weight is 455 g/mol. The van der Waals surface area contributed by atoms with Gasteiger partial charge in [0.1, 0.15) is 5.75 Å². The fraction of sp³-hybridized carbons (Fsp3) is 0.367. The molecule has 0 spiro atoms. The zero-order valence-electron chi connectivity index (χ0n) is 20.0. The van der Waals surface area contributed by atoms with Crippen LogP contribution < -0.4 is 10.1 Å². The molecule has 1 N–H and O–H groups in total. The number of hydrogen-bond acceptors (Lipinski definition) is 3. The van der Waals surface area contributed by atoms with Crippen molar-refractivity contribution < 1.29 is 9.53 Å². The Hall–Kier alpha value is -3.11. The maximum Gasteiger partial charge on any atom is 0.251 e. The van der Waals surface area contributed by atoms with Crippen molar-refractivity contribution in [1.29, 1.82) is 0 Å². The van der Waals surface area contributed by atoms with Gasteiger partial charge < -0.3 is 10.1 Å². The van der Waals surface area contributed by atoms with Gasteiger partial charge >= 0.3 is 0 Å². The second-order valence-corrected chi connectivity index (χ2v) is 9.56. The molecule has 0 radical (unpaired) electrons. The van der Waals surface area contributed by atoms with Gasteiger partial charge in [-0.3, -0.25) is 9.69 Å². The molecule has 2 aliphatic rings. The summed E-state index contributed by atoms with van der Waals surface area (Å²) in [5.41, 5.74) is 5.90. The number of likely N-dealkylation sites (tertiary alicyclic amines) is 1. The molecule has 0 unspecified atom stereocenters. The largest absolute Gasteiger partial charge is 0.496 e. The van der Waals surface area contributed by atoms with E-state index in [1.165, 1.54) is 29.7 Å². The quantitative estimate of drug-likeness (QED) is 0.466. The molecule has 1 fully saturated rings. The molecule has 3 aromatic rings. The number of ether oxygens (including phenoxy) is 1. The van der Waals surface area contributed by atoms with Gasteiger partial charge in [0.05, 0.1) is 7.11 Å². The summed E-state index contributed by atoms with van der Waals surface area (Å²) in [5.74, 6) is 1.81. The van der Waals surface area contributed by atoms with Crippen LogP contribution in [-0.4, -0.2) is 43.6 Å². The van der Waals surface area contributed by atoms with Crippen LogP contribution in [0.15, 0.2) is 72.8 Å². The van der Waals surface area contributed by atoms with Crippen LogP contribution in [0.3, 0.4) is 0 Å². The van der Waals surface area contributed by atoms with Crippen molar-refractivity contribution in [1.82, 2.24) is 10.2 Å². The maximum atomic E-state index is 12.5. The normalized spacial score (nSPS) is 19.3. The molecule has 1 aliphatic carbocycles. The second kappa shape index (κ2) is 10.4. The molecule has 176 valence electrons. The highest BCUT2D eigenvalue weighted by molar-refractivity contribution is 5.94. The fourth-order valence-electron chi connectivity index (χ4n) is 5.70. The van der Waals surface area contributed by atoms with Crippen LogP contribution in [0.4, 0.5) is 0 Å². The van der Waals surface area contributed by atoms with E-state index in [1.807, 2.05) is 42.5 Å². The number of fused-ring (bicyclic) bond motifs is 2. The monoisotopic (exact) mass is 454 g/mol. The molecule has 34 heavy (non-hydrogen) atoms. The van der Waals surface area contributed by atoms with Crippen molar-refractivity contribution in [2.45, 2.75) is 38.1 Å². The Kier molecular flexibility index (Phi) is 6.96. The Labute approximate surface area is 202 Å². The first kappa shape index (κ1) is 22.7. The van der Waals surface area contributed by atoms with Crippen molar-refractivity contribution >= 4 is 5.91 Å². The molecule has 3 aromatic carbocycles. The molecular formula is C30H34N2O2. The third-order valence-corrected chi connectivity index (χ3v) is 7.56. The summed E-state index contributed by atoms with van der Waals surface area (Å²) < 4.78 is 5.61. The highest BCUT2D eigenvalue weighted by atomic mass is 16.5. The van der Waals surface area contributed by atoms with Crippen molar-refractivity contribution in [2.24, 2.45) is 5.92 Å². The zero-order valence-corrected chi connectivity index (χ0v) is 20.0. The minimum Gasteiger partial charge on any atom is -0.496 e. The van der Waals surface area contributed by atoms with Crippen molar-refractivity contribution in [3.63, 3.8) is 0 Å². The van der Waals surface area contributed by atoms with Gasteiger partial charge in [0.25, 0.3) is 5.91 Å². The van der Waals surface area contributed by atoms with Crippen LogP contribution in [0.25, 0.3) is 11.1 Å². The standard InChI is InChI=1S/C30H34N2O2/c1-34-29-11-7-10-25-21-28-26(20-27(25)29)16-19-32(28)18-6-5-17-31-30(33)24-14-12-23(13-15-24)22-8-3-2-4-9-22/h2-4,7-15,26,28H,5-6,16-21H2,1H3,(H,31,33)/t26-,28+/m1/s1. The van der Waals surface area contributed by atoms with Gasteiger partial charge in [-0.15, -0.1) is 0 Å². The van der Waals surface area contributed by atoms with Crippen LogP contribution in [0.2, 0.25) is 0 Å². The number of hydrogen-bond donors (Lipinski definition) is 1. The van der Waals surface area contributed by atoms with Gasteiger partial charge in [-0.1, -0.05) is 54.6 Å². The predicted octanol–water partition coefficient (Wildman–Crippen LogP) is 5.36. The van der Waals surface area contributed by atoms with Gasteiger partial charge in [0, 0.05) is 18.2 Å². The molecule has 2 atom stereocenters. The number of rotatable bonds is 8. The molecule has 1 aliphatic heterocycles. The van der Waals surface area contributed by atoms with E-state index in [4.69, 9.17) is 4.74 Å². The average Bonchev–Trinajstić information content (AvgIpc) is 3.29. The van der Waals surface area contributed by atoms with Crippen molar-refractivity contribution in [2.75, 3.05) is 26.7 Å². The topological polar surface area (TPSA) is 41.6 Å². The third kappa shape index (κ3) is 4.88. The first-order chi connectivity index (χ1) is 16.7. The summed E-state index contributed by atoms with van der Waals surface area (Å²) >= 11 is 0. The van der Waals surface area contributed by atoms with Crippen LogP contribution in [0.5, 0.6) is 5.75 Å². The minimum atomic E-state index is 0.0127. The number of benzene rings is 3. The summed E-state index contributed by atoms with van der Waals surface area (Å²) in [6, 6.07) is 25.2. The van der Waals surface area contributed by atoms with E-state index in [1.54, 1.807) is 7.11 Å². The van der Waals surface area contributed by atoms with Crippen LogP contribution in [0, 0.1) is 5.92 Å². The Morgan fingerprint density at radius 2 is 1.74 bits per heavy atom. The second-order valence-electron chi connectivity index (χ2n) is 9.56. The van der Waals surface area contributed by atoms with E-state index in [2.05, 4.69) is 40.5 Å². The Morgan fingerprint density at radius 1 is 0.941 bits per heavy atom. The molecule has 1 heterocycles. The third-order valence-electron chi connectivity index (χ3n) is 7.56. The van der Waals surface area contributed by atoms with E-state index in [9.17, 15) is 4.79 Å². The zero-order chi connectivity index (χ0) is 23.3. The SMILES string of the molecule is COc1cccc2c1C[C@H]1CCN(CCCCNC(=O)c3ccc(-c4ccccc4)cc3)[C@H]1C2. The van der Waals surface area contributed by atoms with Crippen molar-refractivity contribution in [3.8, 4) is 16.9 Å². The molecule has 4 heteroatoms. The first-order valence-corrected chi connectivity index (χ1v) is 12.6. The number of carbonyl (C=O) groups is 1. The van der Waals surface area contributed by atoms with E-state index in [0.717, 1.165) is 61.6 Å². The van der Waals surface area contributed by atoms with Gasteiger partial charge in [-0.25, -0.2) is 0 Å². The van der Waals surface area contributed by atoms with Gasteiger partial charge in [0.15, 0.2) is 0 Å². The molecule has 0 saturated carbocycles. The van der Waals surface area contributed by atoms with Gasteiger partial charge in [-0.2, -0.15) is 0 Å². The smallest absolute Gasteiger partial charge is 0.251 e. The molecule has 4 nitrogen and oxygen atoms in total. The Bertz CT molecular complexity index is 1110. The Balaban J connectivity index is 1.06. The lowest BCUT2D eigenvalue weighted by atomic mass is 9.80. The molecule has 1 amide bonds. The lowest BCUT2D eigenvalue weighted by Gasteiger charge is -2.33. The lowest BCUT2D eigenvalue weighted by molar-refractivity contribution is 0.0952. The Morgan fingerprint density at radius 3 is 2.53 bits per heavy atom. The number of unbranched alkanes of at least 4 members (excludes halogenated alkanes) is 1. The van der Waals surface area contributed by atoms with Crippen LogP contribution in [-0.2, 0) is 12.8 Å². The lowest BCUT2D eigenvalue weighted by Crippen LogP contribution is -2.39. The minimum absolute atomic E-state index is 0.0127. The highest BCUT2D eigenvalue weighted by Gasteiger charge is 2.38. The van der Waals surface area contributed by atoms with E-state index in [-0.39, 0.29) is 5.91 Å². The summed E-state index contributed by atoms with van der Waals surface area (Å²) in [5, 5.41) is 3.09. The number of nitrogens with one attached hydrogen (secondary N) is 1. The molecule has 1 saturated heterocycles. The van der Waals surface area contributed by atoms with Gasteiger partial charge in [0.2, 0.25) is 0 Å². The fourth-order valence-corrected chi connectivity index (χ4v) is 5.70.